The topological polar surface area (TPSA) is 90.9 Å². The number of carbonyl (C=O) groups excluding carboxylic acids is 3. The number of rotatable bonds is 6. The number of nitrogens with one attached hydrogen (secondary N) is 1. The molecule has 0 rings (SSSR count). The second-order valence-electron chi connectivity index (χ2n) is 3.40. The molecule has 1 amide bonds. The van der Waals surface area contributed by atoms with Crippen LogP contribution in [0, 0.1) is 0 Å². The minimum absolute atomic E-state index is 0.0164. The van der Waals surface area contributed by atoms with E-state index >= 15 is 0 Å². The Hall–Kier alpha value is -2.05. The third kappa shape index (κ3) is 9.20. The number of ether oxygens (including phenoxy) is 3. The van der Waals surface area contributed by atoms with Crippen molar-refractivity contribution in [2.24, 2.45) is 0 Å². The highest BCUT2D eigenvalue weighted by atomic mass is 16.5. The molecule has 1 N–H and O–H groups in total. The van der Waals surface area contributed by atoms with Gasteiger partial charge in [0.1, 0.15) is 6.61 Å². The first-order valence-corrected chi connectivity index (χ1v) is 5.33. The average molecular weight is 259 g/mol. The smallest absolute Gasteiger partial charge is 0.406 e. The molecule has 0 fully saturated rings. The van der Waals surface area contributed by atoms with Gasteiger partial charge in [-0.3, -0.25) is 0 Å². The predicted octanol–water partition coefficient (Wildman–Crippen LogP) is 0.393. The number of carbonyl (C=O) groups is 3. The van der Waals surface area contributed by atoms with Crippen molar-refractivity contribution in [1.29, 1.82) is 0 Å². The maximum absolute atomic E-state index is 11.1. The Balaban J connectivity index is 3.74. The fourth-order valence-corrected chi connectivity index (χ4v) is 0.833. The summed E-state index contributed by atoms with van der Waals surface area (Å²) in [6.45, 7) is 3.51. The molecule has 0 saturated carbocycles. The summed E-state index contributed by atoms with van der Waals surface area (Å²) in [5, 5.41) is 2.32. The summed E-state index contributed by atoms with van der Waals surface area (Å²) in [4.78, 5) is 32.7. The van der Waals surface area contributed by atoms with Gasteiger partial charge in [-0.25, -0.2) is 14.4 Å². The molecule has 0 aliphatic carbocycles. The van der Waals surface area contributed by atoms with Crippen LogP contribution in [-0.2, 0) is 23.8 Å². The molecule has 0 aliphatic heterocycles. The van der Waals surface area contributed by atoms with Crippen LogP contribution in [0.1, 0.15) is 13.8 Å². The standard InChI is InChI=1S/C11H17NO6/c1-8(2)18-10(14)5-4-9(13)17-7-6-12-11(15)16-3/h4-5,8H,6-7H2,1-3H3,(H,12,15)/b5-4+. The molecule has 0 bridgehead atoms. The third-order valence-corrected chi connectivity index (χ3v) is 1.51. The zero-order valence-corrected chi connectivity index (χ0v) is 10.6. The van der Waals surface area contributed by atoms with Gasteiger partial charge in [0.25, 0.3) is 0 Å². The Labute approximate surface area is 105 Å². The van der Waals surface area contributed by atoms with Gasteiger partial charge < -0.3 is 19.5 Å². The summed E-state index contributed by atoms with van der Waals surface area (Å²) >= 11 is 0. The Morgan fingerprint density at radius 1 is 1.17 bits per heavy atom. The molecule has 18 heavy (non-hydrogen) atoms. The highest BCUT2D eigenvalue weighted by Crippen LogP contribution is 1.91. The molecular formula is C11H17NO6. The van der Waals surface area contributed by atoms with E-state index in [4.69, 9.17) is 4.74 Å². The molecule has 0 aromatic rings. The van der Waals surface area contributed by atoms with E-state index in [2.05, 4.69) is 14.8 Å². The van der Waals surface area contributed by atoms with E-state index in [1.807, 2.05) is 0 Å². The molecule has 0 aliphatic rings. The fraction of sp³-hybridized carbons (Fsp3) is 0.545. The summed E-state index contributed by atoms with van der Waals surface area (Å²) < 4.78 is 13.8. The van der Waals surface area contributed by atoms with Crippen molar-refractivity contribution in [1.82, 2.24) is 5.32 Å². The largest absolute Gasteiger partial charge is 0.461 e. The molecule has 7 nitrogen and oxygen atoms in total. The lowest BCUT2D eigenvalue weighted by molar-refractivity contribution is -0.142. The lowest BCUT2D eigenvalue weighted by Gasteiger charge is -2.04. The maximum atomic E-state index is 11.1. The fourth-order valence-electron chi connectivity index (χ4n) is 0.833. The van der Waals surface area contributed by atoms with E-state index in [0.717, 1.165) is 12.2 Å². The Morgan fingerprint density at radius 3 is 2.33 bits per heavy atom. The minimum Gasteiger partial charge on any atom is -0.461 e. The monoisotopic (exact) mass is 259 g/mol. The second kappa shape index (κ2) is 9.03. The molecular weight excluding hydrogens is 242 g/mol. The predicted molar refractivity (Wildman–Crippen MR) is 61.7 cm³/mol. The Kier molecular flexibility index (Phi) is 8.00. The van der Waals surface area contributed by atoms with Crippen LogP contribution >= 0.6 is 0 Å². The van der Waals surface area contributed by atoms with Gasteiger partial charge in [0, 0.05) is 12.2 Å². The van der Waals surface area contributed by atoms with Crippen LogP contribution in [0.25, 0.3) is 0 Å². The van der Waals surface area contributed by atoms with E-state index in [1.54, 1.807) is 13.8 Å². The van der Waals surface area contributed by atoms with Gasteiger partial charge >= 0.3 is 18.0 Å². The van der Waals surface area contributed by atoms with Crippen molar-refractivity contribution in [2.75, 3.05) is 20.3 Å². The highest BCUT2D eigenvalue weighted by Gasteiger charge is 2.03. The molecule has 7 heteroatoms. The number of amides is 1. The van der Waals surface area contributed by atoms with E-state index < -0.39 is 18.0 Å². The summed E-state index contributed by atoms with van der Waals surface area (Å²) in [5.74, 6) is -1.31. The van der Waals surface area contributed by atoms with Crippen LogP contribution in [0.2, 0.25) is 0 Å². The Morgan fingerprint density at radius 2 is 1.78 bits per heavy atom. The number of esters is 2. The maximum Gasteiger partial charge on any atom is 0.406 e. The lowest BCUT2D eigenvalue weighted by Crippen LogP contribution is -2.27. The van der Waals surface area contributed by atoms with Crippen LogP contribution in [0.15, 0.2) is 12.2 Å². The quantitative estimate of drug-likeness (QED) is 0.321. The molecule has 0 aromatic carbocycles. The first-order valence-electron chi connectivity index (χ1n) is 5.33. The van der Waals surface area contributed by atoms with E-state index in [-0.39, 0.29) is 19.3 Å². The Bertz CT molecular complexity index is 323. The number of hydrogen-bond acceptors (Lipinski definition) is 6. The molecule has 0 aromatic heterocycles. The van der Waals surface area contributed by atoms with E-state index in [1.165, 1.54) is 7.11 Å². The van der Waals surface area contributed by atoms with Crippen molar-refractivity contribution in [3.8, 4) is 0 Å². The van der Waals surface area contributed by atoms with Crippen LogP contribution in [0.3, 0.4) is 0 Å². The van der Waals surface area contributed by atoms with Crippen LogP contribution in [-0.4, -0.2) is 44.4 Å². The van der Waals surface area contributed by atoms with Gasteiger partial charge in [0.2, 0.25) is 0 Å². The molecule has 0 atom stereocenters. The molecule has 0 radical (unpaired) electrons. The van der Waals surface area contributed by atoms with Crippen molar-refractivity contribution < 1.29 is 28.6 Å². The zero-order valence-electron chi connectivity index (χ0n) is 10.6. The SMILES string of the molecule is COC(=O)NCCOC(=O)/C=C/C(=O)OC(C)C. The molecule has 102 valence electrons. The van der Waals surface area contributed by atoms with Crippen molar-refractivity contribution >= 4 is 18.0 Å². The molecule has 0 heterocycles. The third-order valence-electron chi connectivity index (χ3n) is 1.51. The van der Waals surface area contributed by atoms with Gasteiger partial charge in [-0.05, 0) is 13.8 Å². The van der Waals surface area contributed by atoms with Crippen molar-refractivity contribution in [3.05, 3.63) is 12.2 Å². The molecule has 0 spiro atoms. The van der Waals surface area contributed by atoms with Crippen molar-refractivity contribution in [3.63, 3.8) is 0 Å². The van der Waals surface area contributed by atoms with Crippen LogP contribution in [0.4, 0.5) is 4.79 Å². The summed E-state index contributed by atoms with van der Waals surface area (Å²) in [6.07, 6.45) is 1.09. The van der Waals surface area contributed by atoms with Gasteiger partial charge in [-0.15, -0.1) is 0 Å². The molecule has 0 unspecified atom stereocenters. The van der Waals surface area contributed by atoms with Gasteiger partial charge in [0.15, 0.2) is 0 Å². The summed E-state index contributed by atoms with van der Waals surface area (Å²) in [5.41, 5.74) is 0. The zero-order chi connectivity index (χ0) is 14.0. The normalized spacial score (nSPS) is 10.2. The van der Waals surface area contributed by atoms with E-state index in [9.17, 15) is 14.4 Å². The summed E-state index contributed by atoms with van der Waals surface area (Å²) in [7, 11) is 1.23. The first kappa shape index (κ1) is 16.0. The van der Waals surface area contributed by atoms with Crippen LogP contribution in [0.5, 0.6) is 0 Å². The van der Waals surface area contributed by atoms with Gasteiger partial charge in [0.05, 0.1) is 19.8 Å². The van der Waals surface area contributed by atoms with E-state index in [0.29, 0.717) is 0 Å². The summed E-state index contributed by atoms with van der Waals surface area (Å²) in [6, 6.07) is 0. The van der Waals surface area contributed by atoms with Crippen molar-refractivity contribution in [2.45, 2.75) is 20.0 Å². The number of methoxy groups -OCH3 is 1. The van der Waals surface area contributed by atoms with Gasteiger partial charge in [-0.2, -0.15) is 0 Å². The lowest BCUT2D eigenvalue weighted by atomic mass is 10.4. The number of alkyl carbamates (subject to hydrolysis) is 1. The van der Waals surface area contributed by atoms with Crippen LogP contribution < -0.4 is 5.32 Å². The molecule has 0 saturated heterocycles. The highest BCUT2D eigenvalue weighted by molar-refractivity contribution is 5.91. The average Bonchev–Trinajstić information content (AvgIpc) is 2.30. The second-order valence-corrected chi connectivity index (χ2v) is 3.40. The minimum atomic E-state index is -0.692. The number of hydrogen-bond donors (Lipinski definition) is 1. The van der Waals surface area contributed by atoms with Gasteiger partial charge in [-0.1, -0.05) is 0 Å². The first-order chi connectivity index (χ1) is 8.45.